The van der Waals surface area contributed by atoms with Gasteiger partial charge in [0.25, 0.3) is 0 Å². The van der Waals surface area contributed by atoms with Gasteiger partial charge in [-0.2, -0.15) is 0 Å². The van der Waals surface area contributed by atoms with Crippen LogP contribution in [0.3, 0.4) is 0 Å². The normalized spacial score (nSPS) is 18.0. The molecule has 2 rings (SSSR count). The predicted molar refractivity (Wildman–Crippen MR) is 85.2 cm³/mol. The lowest BCUT2D eigenvalue weighted by atomic mass is 10.00. The highest BCUT2D eigenvalue weighted by Gasteiger charge is 2.21. The summed E-state index contributed by atoms with van der Waals surface area (Å²) in [6.07, 6.45) is 4.07. The topological polar surface area (TPSA) is 38.5 Å². The molecule has 0 bridgehead atoms. The second-order valence-electron chi connectivity index (χ2n) is 5.79. The molecule has 1 aromatic carbocycles. The van der Waals surface area contributed by atoms with E-state index in [1.807, 2.05) is 13.0 Å². The molecular weight excluding hydrogens is 267 g/mol. The maximum absolute atomic E-state index is 13.6. The molecule has 2 N–H and O–H groups in total. The molecule has 0 saturated carbocycles. The largest absolute Gasteiger partial charge is 0.378 e. The molecule has 1 aliphatic rings. The van der Waals surface area contributed by atoms with Gasteiger partial charge in [0, 0.05) is 31.4 Å². The molecule has 0 aromatic heterocycles. The SMILES string of the molecule is CCOC1CCN(c2ccc(F)cc2CC(N)CC)CC1. The molecular formula is C17H27FN2O. The monoisotopic (exact) mass is 294 g/mol. The molecule has 1 saturated heterocycles. The maximum Gasteiger partial charge on any atom is 0.123 e. The number of benzene rings is 1. The van der Waals surface area contributed by atoms with Crippen LogP contribution in [-0.4, -0.2) is 31.8 Å². The molecule has 4 heteroatoms. The van der Waals surface area contributed by atoms with Gasteiger partial charge in [-0.15, -0.1) is 0 Å². The Hall–Kier alpha value is -1.13. The van der Waals surface area contributed by atoms with Crippen molar-refractivity contribution in [1.29, 1.82) is 0 Å². The molecule has 1 aliphatic heterocycles. The Kier molecular flexibility index (Phi) is 6.00. The van der Waals surface area contributed by atoms with Crippen LogP contribution in [0.1, 0.15) is 38.7 Å². The van der Waals surface area contributed by atoms with Crippen molar-refractivity contribution >= 4 is 5.69 Å². The third kappa shape index (κ3) is 4.42. The van der Waals surface area contributed by atoms with E-state index in [0.717, 1.165) is 56.6 Å². The van der Waals surface area contributed by atoms with Gasteiger partial charge in [-0.25, -0.2) is 4.39 Å². The Bertz CT molecular complexity index is 444. The molecule has 1 fully saturated rings. The van der Waals surface area contributed by atoms with Gasteiger partial charge in [-0.3, -0.25) is 0 Å². The van der Waals surface area contributed by atoms with E-state index in [1.165, 1.54) is 0 Å². The van der Waals surface area contributed by atoms with Crippen molar-refractivity contribution in [3.05, 3.63) is 29.6 Å². The number of nitrogens with two attached hydrogens (primary N) is 1. The highest BCUT2D eigenvalue weighted by atomic mass is 19.1. The molecule has 21 heavy (non-hydrogen) atoms. The van der Waals surface area contributed by atoms with Crippen LogP contribution in [0.2, 0.25) is 0 Å². The van der Waals surface area contributed by atoms with Gasteiger partial charge in [0.1, 0.15) is 5.82 Å². The minimum atomic E-state index is -0.179. The first-order valence-corrected chi connectivity index (χ1v) is 8.04. The number of piperidine rings is 1. The van der Waals surface area contributed by atoms with Crippen LogP contribution in [0.4, 0.5) is 10.1 Å². The number of hydrogen-bond donors (Lipinski definition) is 1. The van der Waals surface area contributed by atoms with Crippen LogP contribution in [0.15, 0.2) is 18.2 Å². The summed E-state index contributed by atoms with van der Waals surface area (Å²) >= 11 is 0. The van der Waals surface area contributed by atoms with Gasteiger partial charge >= 0.3 is 0 Å². The zero-order valence-corrected chi connectivity index (χ0v) is 13.1. The van der Waals surface area contributed by atoms with Crippen molar-refractivity contribution in [2.75, 3.05) is 24.6 Å². The zero-order chi connectivity index (χ0) is 15.2. The van der Waals surface area contributed by atoms with Crippen molar-refractivity contribution in [3.63, 3.8) is 0 Å². The Morgan fingerprint density at radius 3 is 2.67 bits per heavy atom. The minimum absolute atomic E-state index is 0.0894. The van der Waals surface area contributed by atoms with E-state index in [1.54, 1.807) is 12.1 Å². The maximum atomic E-state index is 13.6. The first-order valence-electron chi connectivity index (χ1n) is 8.04. The Labute approximate surface area is 127 Å². The van der Waals surface area contributed by atoms with E-state index in [4.69, 9.17) is 10.5 Å². The summed E-state index contributed by atoms with van der Waals surface area (Å²) in [5.41, 5.74) is 8.22. The summed E-state index contributed by atoms with van der Waals surface area (Å²) in [5, 5.41) is 0. The fourth-order valence-corrected chi connectivity index (χ4v) is 2.95. The number of hydrogen-bond acceptors (Lipinski definition) is 3. The van der Waals surface area contributed by atoms with Crippen LogP contribution >= 0.6 is 0 Å². The van der Waals surface area contributed by atoms with E-state index in [9.17, 15) is 4.39 Å². The Balaban J connectivity index is 2.09. The Morgan fingerprint density at radius 1 is 1.33 bits per heavy atom. The molecule has 0 radical (unpaired) electrons. The minimum Gasteiger partial charge on any atom is -0.378 e. The van der Waals surface area contributed by atoms with Crippen LogP contribution in [0, 0.1) is 5.82 Å². The number of ether oxygens (including phenoxy) is 1. The summed E-state index contributed by atoms with van der Waals surface area (Å²) in [4.78, 5) is 2.34. The molecule has 0 spiro atoms. The van der Waals surface area contributed by atoms with Crippen LogP contribution in [0.25, 0.3) is 0 Å². The molecule has 1 atom stereocenters. The van der Waals surface area contributed by atoms with Gasteiger partial charge in [0.2, 0.25) is 0 Å². The van der Waals surface area contributed by atoms with E-state index in [-0.39, 0.29) is 11.9 Å². The fraction of sp³-hybridized carbons (Fsp3) is 0.647. The van der Waals surface area contributed by atoms with Crippen molar-refractivity contribution in [1.82, 2.24) is 0 Å². The van der Waals surface area contributed by atoms with E-state index >= 15 is 0 Å². The molecule has 0 aliphatic carbocycles. The van der Waals surface area contributed by atoms with Crippen molar-refractivity contribution < 1.29 is 9.13 Å². The molecule has 1 aromatic rings. The second-order valence-corrected chi connectivity index (χ2v) is 5.79. The molecule has 0 amide bonds. The van der Waals surface area contributed by atoms with Crippen molar-refractivity contribution in [3.8, 4) is 0 Å². The lowest BCUT2D eigenvalue weighted by molar-refractivity contribution is 0.0459. The van der Waals surface area contributed by atoms with Gasteiger partial charge < -0.3 is 15.4 Å². The van der Waals surface area contributed by atoms with E-state index < -0.39 is 0 Å². The summed E-state index contributed by atoms with van der Waals surface area (Å²) in [5.74, 6) is -0.179. The van der Waals surface area contributed by atoms with Crippen molar-refractivity contribution in [2.24, 2.45) is 5.73 Å². The molecule has 3 nitrogen and oxygen atoms in total. The Morgan fingerprint density at radius 2 is 2.05 bits per heavy atom. The first-order chi connectivity index (χ1) is 10.1. The number of rotatable bonds is 6. The van der Waals surface area contributed by atoms with Crippen LogP contribution in [-0.2, 0) is 11.2 Å². The summed E-state index contributed by atoms with van der Waals surface area (Å²) in [6, 6.07) is 5.17. The number of nitrogens with zero attached hydrogens (tertiary/aromatic N) is 1. The quantitative estimate of drug-likeness (QED) is 0.876. The van der Waals surface area contributed by atoms with Gasteiger partial charge in [-0.05, 0) is 56.4 Å². The summed E-state index contributed by atoms with van der Waals surface area (Å²) in [6.45, 7) is 6.81. The van der Waals surface area contributed by atoms with Gasteiger partial charge in [0.05, 0.1) is 6.10 Å². The predicted octanol–water partition coefficient (Wildman–Crippen LogP) is 3.11. The lowest BCUT2D eigenvalue weighted by Gasteiger charge is -2.35. The lowest BCUT2D eigenvalue weighted by Crippen LogP contribution is -2.38. The third-order valence-electron chi connectivity index (χ3n) is 4.23. The molecule has 118 valence electrons. The highest BCUT2D eigenvalue weighted by molar-refractivity contribution is 5.54. The smallest absolute Gasteiger partial charge is 0.123 e. The van der Waals surface area contributed by atoms with E-state index in [0.29, 0.717) is 6.10 Å². The standard InChI is InChI=1S/C17H27FN2O/c1-3-15(19)12-13-11-14(18)5-6-17(13)20-9-7-16(8-10-20)21-4-2/h5-6,11,15-16H,3-4,7-10,12,19H2,1-2H3. The molecule has 1 heterocycles. The number of halogens is 1. The molecule has 1 unspecified atom stereocenters. The highest BCUT2D eigenvalue weighted by Crippen LogP contribution is 2.27. The van der Waals surface area contributed by atoms with Crippen LogP contribution < -0.4 is 10.6 Å². The second kappa shape index (κ2) is 7.76. The zero-order valence-electron chi connectivity index (χ0n) is 13.1. The summed E-state index contributed by atoms with van der Waals surface area (Å²) < 4.78 is 19.2. The van der Waals surface area contributed by atoms with E-state index in [2.05, 4.69) is 11.8 Å². The van der Waals surface area contributed by atoms with Gasteiger partial charge in [-0.1, -0.05) is 6.92 Å². The van der Waals surface area contributed by atoms with Crippen molar-refractivity contribution in [2.45, 2.75) is 51.7 Å². The average Bonchev–Trinajstić information content (AvgIpc) is 2.49. The number of anilines is 1. The van der Waals surface area contributed by atoms with Crippen LogP contribution in [0.5, 0.6) is 0 Å². The fourth-order valence-electron chi connectivity index (χ4n) is 2.95. The van der Waals surface area contributed by atoms with Gasteiger partial charge in [0.15, 0.2) is 0 Å². The first kappa shape index (κ1) is 16.2. The summed E-state index contributed by atoms with van der Waals surface area (Å²) in [7, 11) is 0. The average molecular weight is 294 g/mol. The third-order valence-corrected chi connectivity index (χ3v) is 4.23.